The average molecular weight is 386 g/mol. The van der Waals surface area contributed by atoms with Gasteiger partial charge in [0.2, 0.25) is 11.8 Å². The van der Waals surface area contributed by atoms with Crippen LogP contribution in [0.1, 0.15) is 35.2 Å². The predicted octanol–water partition coefficient (Wildman–Crippen LogP) is 1.51. The molecule has 0 bridgehead atoms. The molecule has 1 atom stereocenters. The minimum atomic E-state index is -0.551. The van der Waals surface area contributed by atoms with Gasteiger partial charge in [-0.1, -0.05) is 12.1 Å². The number of carbonyl (C=O) groups excluding carboxylic acids is 3. The van der Waals surface area contributed by atoms with E-state index >= 15 is 0 Å². The van der Waals surface area contributed by atoms with E-state index in [4.69, 9.17) is 0 Å². The normalized spacial score (nSPS) is 18.6. The summed E-state index contributed by atoms with van der Waals surface area (Å²) in [5, 5.41) is 2.58. The third-order valence-electron chi connectivity index (χ3n) is 3.44. The summed E-state index contributed by atoms with van der Waals surface area (Å²) < 4.78 is 0.773. The van der Waals surface area contributed by atoms with E-state index in [9.17, 15) is 14.4 Å². The van der Waals surface area contributed by atoms with Crippen LogP contribution in [0.4, 0.5) is 0 Å². The van der Waals surface area contributed by atoms with Crippen LogP contribution in [-0.4, -0.2) is 36.2 Å². The second-order valence-electron chi connectivity index (χ2n) is 4.52. The molecule has 0 aromatic heterocycles. The quantitative estimate of drug-likeness (QED) is 0.633. The molecule has 0 saturated carbocycles. The standard InChI is InChI=1S/C14H15IN2O3/c1-3-17-11(18)7-9(14(17)20)8-5-4-6-10(15)12(8)13(19)16-2/h4-6,9H,3,7H2,1-2H3,(H,16,19). The second-order valence-corrected chi connectivity index (χ2v) is 5.68. The molecule has 5 nitrogen and oxygen atoms in total. The van der Waals surface area contributed by atoms with Crippen molar-refractivity contribution in [2.75, 3.05) is 13.6 Å². The Bertz CT molecular complexity index is 586. The molecule has 1 heterocycles. The van der Waals surface area contributed by atoms with Crippen molar-refractivity contribution < 1.29 is 14.4 Å². The van der Waals surface area contributed by atoms with Crippen molar-refractivity contribution >= 4 is 40.3 Å². The minimum Gasteiger partial charge on any atom is -0.355 e. The Balaban J connectivity index is 2.49. The minimum absolute atomic E-state index is 0.136. The Kier molecular flexibility index (Phi) is 4.42. The van der Waals surface area contributed by atoms with Crippen LogP contribution in [0.3, 0.4) is 0 Å². The van der Waals surface area contributed by atoms with Crippen LogP contribution in [-0.2, 0) is 9.59 Å². The molecule has 106 valence electrons. The van der Waals surface area contributed by atoms with E-state index in [1.54, 1.807) is 26.1 Å². The van der Waals surface area contributed by atoms with Crippen LogP contribution in [0, 0.1) is 3.57 Å². The Morgan fingerprint density at radius 2 is 2.15 bits per heavy atom. The van der Waals surface area contributed by atoms with Crippen molar-refractivity contribution in [3.63, 3.8) is 0 Å². The number of nitrogens with zero attached hydrogens (tertiary/aromatic N) is 1. The summed E-state index contributed by atoms with van der Waals surface area (Å²) in [6.45, 7) is 2.14. The molecule has 3 amide bonds. The molecule has 0 aliphatic carbocycles. The van der Waals surface area contributed by atoms with Crippen molar-refractivity contribution in [2.45, 2.75) is 19.3 Å². The molecular weight excluding hydrogens is 371 g/mol. The third-order valence-corrected chi connectivity index (χ3v) is 4.33. The molecule has 1 saturated heterocycles. The summed E-state index contributed by atoms with van der Waals surface area (Å²) in [5.74, 6) is -1.18. The molecule has 0 spiro atoms. The number of imide groups is 1. The van der Waals surface area contributed by atoms with Crippen LogP contribution < -0.4 is 5.32 Å². The average Bonchev–Trinajstić information content (AvgIpc) is 2.72. The number of carbonyl (C=O) groups is 3. The summed E-state index contributed by atoms with van der Waals surface area (Å²) in [4.78, 5) is 37.4. The van der Waals surface area contributed by atoms with Gasteiger partial charge >= 0.3 is 0 Å². The number of benzene rings is 1. The van der Waals surface area contributed by atoms with Gasteiger partial charge in [0, 0.05) is 23.6 Å². The molecule has 0 radical (unpaired) electrons. The van der Waals surface area contributed by atoms with Crippen LogP contribution in [0.2, 0.25) is 0 Å². The molecule has 1 aliphatic heterocycles. The lowest BCUT2D eigenvalue weighted by molar-refractivity contribution is -0.138. The van der Waals surface area contributed by atoms with Crippen LogP contribution >= 0.6 is 22.6 Å². The number of amides is 3. The summed E-state index contributed by atoms with van der Waals surface area (Å²) in [6.07, 6.45) is 0.136. The van der Waals surface area contributed by atoms with Gasteiger partial charge in [0.25, 0.3) is 5.91 Å². The largest absolute Gasteiger partial charge is 0.355 e. The van der Waals surface area contributed by atoms with Crippen molar-refractivity contribution in [1.29, 1.82) is 0 Å². The highest BCUT2D eigenvalue weighted by Crippen LogP contribution is 2.33. The monoisotopic (exact) mass is 386 g/mol. The molecule has 1 aliphatic rings. The summed E-state index contributed by atoms with van der Waals surface area (Å²) >= 11 is 2.07. The predicted molar refractivity (Wildman–Crippen MR) is 82.3 cm³/mol. The van der Waals surface area contributed by atoms with Gasteiger partial charge in [-0.15, -0.1) is 0 Å². The summed E-state index contributed by atoms with van der Waals surface area (Å²) in [5.41, 5.74) is 1.12. The first kappa shape index (κ1) is 15.0. The van der Waals surface area contributed by atoms with E-state index in [1.165, 1.54) is 4.90 Å². The van der Waals surface area contributed by atoms with Gasteiger partial charge in [0.05, 0.1) is 11.5 Å². The van der Waals surface area contributed by atoms with E-state index in [1.807, 2.05) is 6.07 Å². The SMILES string of the molecule is CCN1C(=O)CC(c2cccc(I)c2C(=O)NC)C1=O. The second kappa shape index (κ2) is 5.90. The number of hydrogen-bond acceptors (Lipinski definition) is 3. The van der Waals surface area contributed by atoms with Gasteiger partial charge in [-0.05, 0) is 41.1 Å². The van der Waals surface area contributed by atoms with Gasteiger partial charge < -0.3 is 5.32 Å². The van der Waals surface area contributed by atoms with Crippen molar-refractivity contribution in [3.05, 3.63) is 32.9 Å². The first-order chi connectivity index (χ1) is 9.51. The molecular formula is C14H15IN2O3. The fraction of sp³-hybridized carbons (Fsp3) is 0.357. The number of halogens is 1. The highest BCUT2D eigenvalue weighted by Gasteiger charge is 2.40. The smallest absolute Gasteiger partial charge is 0.252 e. The molecule has 2 rings (SSSR count). The Morgan fingerprint density at radius 3 is 2.70 bits per heavy atom. The topological polar surface area (TPSA) is 66.5 Å². The number of likely N-dealkylation sites (N-methyl/N-ethyl adjacent to an activating group) is 1. The molecule has 1 aromatic carbocycles. The van der Waals surface area contributed by atoms with Gasteiger partial charge in [-0.25, -0.2) is 0 Å². The fourth-order valence-corrected chi connectivity index (χ4v) is 3.22. The Labute approximate surface area is 130 Å². The number of nitrogens with one attached hydrogen (secondary N) is 1. The van der Waals surface area contributed by atoms with Crippen LogP contribution in [0.15, 0.2) is 18.2 Å². The highest BCUT2D eigenvalue weighted by molar-refractivity contribution is 14.1. The van der Waals surface area contributed by atoms with E-state index in [0.29, 0.717) is 17.7 Å². The maximum Gasteiger partial charge on any atom is 0.252 e. The van der Waals surface area contributed by atoms with Gasteiger partial charge in [0.15, 0.2) is 0 Å². The Hall–Kier alpha value is -1.44. The highest BCUT2D eigenvalue weighted by atomic mass is 127. The van der Waals surface area contributed by atoms with Gasteiger partial charge in [0.1, 0.15) is 0 Å². The number of likely N-dealkylation sites (tertiary alicyclic amines) is 1. The van der Waals surface area contributed by atoms with Crippen LogP contribution in [0.25, 0.3) is 0 Å². The number of rotatable bonds is 3. The van der Waals surface area contributed by atoms with E-state index in [-0.39, 0.29) is 24.1 Å². The number of hydrogen-bond donors (Lipinski definition) is 1. The molecule has 1 unspecified atom stereocenters. The lowest BCUT2D eigenvalue weighted by atomic mass is 9.92. The van der Waals surface area contributed by atoms with Crippen molar-refractivity contribution in [2.24, 2.45) is 0 Å². The van der Waals surface area contributed by atoms with Crippen LogP contribution in [0.5, 0.6) is 0 Å². The summed E-state index contributed by atoms with van der Waals surface area (Å²) in [6, 6.07) is 5.37. The Morgan fingerprint density at radius 1 is 1.45 bits per heavy atom. The zero-order valence-electron chi connectivity index (χ0n) is 11.3. The molecule has 20 heavy (non-hydrogen) atoms. The zero-order chi connectivity index (χ0) is 14.9. The van der Waals surface area contributed by atoms with Gasteiger partial charge in [-0.2, -0.15) is 0 Å². The molecule has 6 heteroatoms. The summed E-state index contributed by atoms with van der Waals surface area (Å²) in [7, 11) is 1.55. The lowest BCUT2D eigenvalue weighted by Crippen LogP contribution is -2.30. The van der Waals surface area contributed by atoms with Gasteiger partial charge in [-0.3, -0.25) is 19.3 Å². The lowest BCUT2D eigenvalue weighted by Gasteiger charge is -2.15. The van der Waals surface area contributed by atoms with Crippen molar-refractivity contribution in [3.8, 4) is 0 Å². The van der Waals surface area contributed by atoms with Crippen molar-refractivity contribution in [1.82, 2.24) is 10.2 Å². The first-order valence-corrected chi connectivity index (χ1v) is 7.43. The zero-order valence-corrected chi connectivity index (χ0v) is 13.4. The van der Waals surface area contributed by atoms with E-state index in [2.05, 4.69) is 27.9 Å². The maximum absolute atomic E-state index is 12.3. The van der Waals surface area contributed by atoms with E-state index in [0.717, 1.165) is 3.57 Å². The molecule has 1 aromatic rings. The third kappa shape index (κ3) is 2.44. The fourth-order valence-electron chi connectivity index (χ4n) is 2.45. The first-order valence-electron chi connectivity index (χ1n) is 6.36. The van der Waals surface area contributed by atoms with E-state index < -0.39 is 5.92 Å². The molecule has 1 fully saturated rings. The molecule has 1 N–H and O–H groups in total. The maximum atomic E-state index is 12.3.